The summed E-state index contributed by atoms with van der Waals surface area (Å²) in [5.41, 5.74) is 13.9. The lowest BCUT2D eigenvalue weighted by atomic mass is 9.97. The van der Waals surface area contributed by atoms with E-state index in [4.69, 9.17) is 23.8 Å². The topological polar surface area (TPSA) is 69.9 Å². The van der Waals surface area contributed by atoms with Crippen LogP contribution in [0.1, 0.15) is 0 Å². The summed E-state index contributed by atoms with van der Waals surface area (Å²) in [7, 11) is 0. The van der Waals surface area contributed by atoms with Crippen LogP contribution in [0.2, 0.25) is 0 Å². The Hall–Kier alpha value is -9.17. The molecular formula is C63H36N4O2S. The van der Waals surface area contributed by atoms with Crippen LogP contribution in [0.3, 0.4) is 0 Å². The van der Waals surface area contributed by atoms with Gasteiger partial charge in [0, 0.05) is 70.0 Å². The highest BCUT2D eigenvalue weighted by atomic mass is 32.1. The third-order valence-electron chi connectivity index (χ3n) is 13.9. The SMILES string of the molecule is c1ccc(-c2nc(-c3ccc(-c4cccc5c4oc4ccccc45)cc3)nc(-c3cccc4oc5ccc(-c6cccc7sc8c(-n9c%10ccccc%10c%10ccccc%109)cccc8c67)cc5c34)n2)cc1. The van der Waals surface area contributed by atoms with E-state index in [-0.39, 0.29) is 0 Å². The highest BCUT2D eigenvalue weighted by Gasteiger charge is 2.22. The molecule has 70 heavy (non-hydrogen) atoms. The second-order valence-corrected chi connectivity index (χ2v) is 18.9. The first kappa shape index (κ1) is 38.9. The van der Waals surface area contributed by atoms with E-state index < -0.39 is 0 Å². The van der Waals surface area contributed by atoms with Gasteiger partial charge in [-0.3, -0.25) is 0 Å². The van der Waals surface area contributed by atoms with Crippen molar-refractivity contribution in [3.63, 3.8) is 0 Å². The second kappa shape index (κ2) is 15.2. The average molecular weight is 913 g/mol. The van der Waals surface area contributed by atoms with E-state index in [9.17, 15) is 0 Å². The molecule has 0 unspecified atom stereocenters. The lowest BCUT2D eigenvalue weighted by molar-refractivity contribution is 0.669. The van der Waals surface area contributed by atoms with Crippen LogP contribution in [0.4, 0.5) is 0 Å². The molecule has 0 spiro atoms. The molecule has 7 heteroatoms. The van der Waals surface area contributed by atoms with Gasteiger partial charge in [0.05, 0.1) is 21.4 Å². The van der Waals surface area contributed by atoms with E-state index >= 15 is 0 Å². The summed E-state index contributed by atoms with van der Waals surface area (Å²) in [6.07, 6.45) is 0. The largest absolute Gasteiger partial charge is 0.456 e. The zero-order valence-corrected chi connectivity index (χ0v) is 38.1. The quantitative estimate of drug-likeness (QED) is 0.166. The normalized spacial score (nSPS) is 12.0. The third-order valence-corrected chi connectivity index (χ3v) is 15.1. The molecule has 0 aliphatic rings. The molecule has 10 aromatic carbocycles. The van der Waals surface area contributed by atoms with Crippen LogP contribution in [-0.2, 0) is 0 Å². The number of aromatic nitrogens is 4. The molecule has 15 rings (SSSR count). The Kier molecular flexibility index (Phi) is 8.43. The molecule has 15 aromatic rings. The number of benzene rings is 10. The molecule has 0 amide bonds. The van der Waals surface area contributed by atoms with Gasteiger partial charge >= 0.3 is 0 Å². The molecule has 0 fully saturated rings. The Balaban J connectivity index is 0.875. The van der Waals surface area contributed by atoms with Gasteiger partial charge in [0.2, 0.25) is 0 Å². The van der Waals surface area contributed by atoms with Gasteiger partial charge in [-0.25, -0.2) is 15.0 Å². The first-order chi connectivity index (χ1) is 34.7. The number of para-hydroxylation sites is 4. The standard InChI is InChI=1S/C63H36N4O2S/c1-2-14-38(15-3-1)61-64-62(39-32-30-37(31-33-39)42-20-10-21-46-45-18-6-9-27-53(45)69-59(42)46)66-63(65-61)48-23-12-28-55-57(48)49-36-40(34-35-54(49)68-55)41-19-13-29-56-58(41)47-22-11-26-52(60(47)70-56)67-50-24-7-4-16-43(50)44-17-5-8-25-51(44)67/h1-36H. The first-order valence-electron chi connectivity index (χ1n) is 23.4. The summed E-state index contributed by atoms with van der Waals surface area (Å²) >= 11 is 1.85. The van der Waals surface area contributed by atoms with Crippen molar-refractivity contribution >= 4 is 97.2 Å². The molecule has 0 radical (unpaired) electrons. The lowest BCUT2D eigenvalue weighted by Crippen LogP contribution is -2.00. The van der Waals surface area contributed by atoms with Gasteiger partial charge in [-0.1, -0.05) is 170 Å². The zero-order valence-electron chi connectivity index (χ0n) is 37.3. The fraction of sp³-hybridized carbons (Fsp3) is 0. The summed E-state index contributed by atoms with van der Waals surface area (Å²) < 4.78 is 18.0. The summed E-state index contributed by atoms with van der Waals surface area (Å²) in [4.78, 5) is 15.5. The van der Waals surface area contributed by atoms with Crippen LogP contribution in [0.5, 0.6) is 0 Å². The number of thiophene rings is 1. The molecule has 0 saturated carbocycles. The van der Waals surface area contributed by atoms with Crippen LogP contribution in [0.15, 0.2) is 227 Å². The molecular weight excluding hydrogens is 877 g/mol. The molecule has 6 nitrogen and oxygen atoms in total. The Morgan fingerprint density at radius 2 is 0.914 bits per heavy atom. The summed E-state index contributed by atoms with van der Waals surface area (Å²) in [5.74, 6) is 1.75. The van der Waals surface area contributed by atoms with Crippen molar-refractivity contribution < 1.29 is 8.83 Å². The monoisotopic (exact) mass is 912 g/mol. The molecule has 5 aromatic heterocycles. The van der Waals surface area contributed by atoms with Crippen molar-refractivity contribution in [3.05, 3.63) is 218 Å². The summed E-state index contributed by atoms with van der Waals surface area (Å²) in [6, 6.07) is 76.6. The maximum atomic E-state index is 6.63. The molecule has 0 saturated heterocycles. The highest BCUT2D eigenvalue weighted by Crippen LogP contribution is 2.46. The van der Waals surface area contributed by atoms with Crippen molar-refractivity contribution in [3.8, 4) is 62.1 Å². The van der Waals surface area contributed by atoms with Crippen molar-refractivity contribution in [1.29, 1.82) is 0 Å². The predicted octanol–water partition coefficient (Wildman–Crippen LogP) is 17.5. The second-order valence-electron chi connectivity index (χ2n) is 17.8. The van der Waals surface area contributed by atoms with Gasteiger partial charge in [0.15, 0.2) is 17.5 Å². The van der Waals surface area contributed by atoms with Crippen molar-refractivity contribution in [2.75, 3.05) is 0 Å². The summed E-state index contributed by atoms with van der Waals surface area (Å²) in [5, 5.41) is 9.15. The fourth-order valence-electron chi connectivity index (χ4n) is 10.7. The van der Waals surface area contributed by atoms with E-state index in [2.05, 4.69) is 168 Å². The lowest BCUT2D eigenvalue weighted by Gasteiger charge is -2.10. The number of hydrogen-bond acceptors (Lipinski definition) is 6. The Morgan fingerprint density at radius 1 is 0.343 bits per heavy atom. The van der Waals surface area contributed by atoms with Crippen molar-refractivity contribution in [2.45, 2.75) is 0 Å². The minimum Gasteiger partial charge on any atom is -0.456 e. The van der Waals surface area contributed by atoms with Crippen molar-refractivity contribution in [1.82, 2.24) is 19.5 Å². The van der Waals surface area contributed by atoms with E-state index in [0.29, 0.717) is 17.5 Å². The number of hydrogen-bond donors (Lipinski definition) is 0. The van der Waals surface area contributed by atoms with E-state index in [1.807, 2.05) is 65.9 Å². The number of nitrogens with zero attached hydrogens (tertiary/aromatic N) is 4. The number of rotatable bonds is 6. The fourth-order valence-corrected chi connectivity index (χ4v) is 12.0. The Morgan fingerprint density at radius 3 is 1.73 bits per heavy atom. The molecule has 0 bridgehead atoms. The van der Waals surface area contributed by atoms with E-state index in [0.717, 1.165) is 77.3 Å². The van der Waals surface area contributed by atoms with Gasteiger partial charge in [0.25, 0.3) is 0 Å². The predicted molar refractivity (Wildman–Crippen MR) is 289 cm³/mol. The maximum Gasteiger partial charge on any atom is 0.164 e. The minimum atomic E-state index is 0.571. The van der Waals surface area contributed by atoms with Crippen LogP contribution < -0.4 is 0 Å². The van der Waals surface area contributed by atoms with Gasteiger partial charge in [0.1, 0.15) is 22.3 Å². The Labute approximate surface area is 404 Å². The number of fused-ring (bicyclic) bond motifs is 12. The first-order valence-corrected chi connectivity index (χ1v) is 24.2. The van der Waals surface area contributed by atoms with Gasteiger partial charge in [-0.15, -0.1) is 11.3 Å². The van der Waals surface area contributed by atoms with Gasteiger partial charge < -0.3 is 13.4 Å². The highest BCUT2D eigenvalue weighted by molar-refractivity contribution is 7.26. The molecule has 0 aliphatic heterocycles. The van der Waals surface area contributed by atoms with Gasteiger partial charge in [-0.05, 0) is 65.2 Å². The molecule has 326 valence electrons. The van der Waals surface area contributed by atoms with Crippen LogP contribution in [0, 0.1) is 0 Å². The average Bonchev–Trinajstić information content (AvgIpc) is 4.20. The maximum absolute atomic E-state index is 6.63. The molecule has 0 aliphatic carbocycles. The van der Waals surface area contributed by atoms with Crippen LogP contribution >= 0.6 is 11.3 Å². The van der Waals surface area contributed by atoms with Gasteiger partial charge in [-0.2, -0.15) is 0 Å². The minimum absolute atomic E-state index is 0.571. The van der Waals surface area contributed by atoms with Crippen LogP contribution in [0.25, 0.3) is 148 Å². The molecule has 5 heterocycles. The molecule has 0 atom stereocenters. The smallest absolute Gasteiger partial charge is 0.164 e. The molecule has 0 N–H and O–H groups in total. The van der Waals surface area contributed by atoms with E-state index in [1.54, 1.807) is 0 Å². The van der Waals surface area contributed by atoms with Crippen molar-refractivity contribution in [2.24, 2.45) is 0 Å². The summed E-state index contributed by atoms with van der Waals surface area (Å²) in [6.45, 7) is 0. The Bertz CT molecular complexity index is 4550. The zero-order chi connectivity index (χ0) is 45.9. The van der Waals surface area contributed by atoms with Crippen LogP contribution in [-0.4, -0.2) is 19.5 Å². The van der Waals surface area contributed by atoms with E-state index in [1.165, 1.54) is 53.2 Å². The third kappa shape index (κ3) is 5.89. The number of furan rings is 2.